The molecular formula is C28H24F2N6O3S. The van der Waals surface area contributed by atoms with Crippen molar-refractivity contribution >= 4 is 34.7 Å². The second kappa shape index (κ2) is 9.94. The summed E-state index contributed by atoms with van der Waals surface area (Å²) in [5.74, 6) is -1.89. The normalized spacial score (nSPS) is 15.7. The molecule has 12 heteroatoms. The Hall–Kier alpha value is -4.45. The molecule has 5 aromatic rings. The molecular weight excluding hydrogens is 538 g/mol. The average molecular weight is 563 g/mol. The first-order chi connectivity index (χ1) is 19.3. The van der Waals surface area contributed by atoms with Gasteiger partial charge in [0.1, 0.15) is 17.1 Å². The van der Waals surface area contributed by atoms with E-state index in [-0.39, 0.29) is 29.6 Å². The lowest BCUT2D eigenvalue weighted by Crippen LogP contribution is -2.38. The fourth-order valence-corrected chi connectivity index (χ4v) is 6.09. The lowest BCUT2D eigenvalue weighted by molar-refractivity contribution is -0.120. The lowest BCUT2D eigenvalue weighted by atomic mass is 9.96. The van der Waals surface area contributed by atoms with Gasteiger partial charge in [0.2, 0.25) is 5.91 Å². The van der Waals surface area contributed by atoms with Crippen molar-refractivity contribution in [3.05, 3.63) is 77.1 Å². The molecule has 1 saturated heterocycles. The van der Waals surface area contributed by atoms with Gasteiger partial charge >= 0.3 is 0 Å². The third kappa shape index (κ3) is 4.24. The van der Waals surface area contributed by atoms with Crippen LogP contribution in [0.2, 0.25) is 0 Å². The third-order valence-electron chi connectivity index (χ3n) is 7.12. The number of nitrogens with zero attached hydrogens (tertiary/aromatic N) is 5. The summed E-state index contributed by atoms with van der Waals surface area (Å²) in [6, 6.07) is 8.41. The maximum absolute atomic E-state index is 14.3. The molecule has 0 radical (unpaired) electrons. The molecule has 1 N–H and O–H groups in total. The summed E-state index contributed by atoms with van der Waals surface area (Å²) in [5, 5.41) is 6.64. The Labute approximate surface area is 231 Å². The Bertz CT molecular complexity index is 1770. The molecule has 1 aliphatic rings. The maximum Gasteiger partial charge on any atom is 0.270 e. The maximum atomic E-state index is 14.3. The first-order valence-corrected chi connectivity index (χ1v) is 13.5. The zero-order valence-electron chi connectivity index (χ0n) is 21.9. The van der Waals surface area contributed by atoms with E-state index in [1.54, 1.807) is 6.07 Å². The number of hydrogen-bond acceptors (Lipinski definition) is 7. The van der Waals surface area contributed by atoms with Gasteiger partial charge in [-0.3, -0.25) is 14.0 Å². The zero-order valence-corrected chi connectivity index (χ0v) is 22.7. The highest BCUT2D eigenvalue weighted by Gasteiger charge is 2.36. The van der Waals surface area contributed by atoms with E-state index in [9.17, 15) is 18.4 Å². The third-order valence-corrected chi connectivity index (χ3v) is 7.92. The van der Waals surface area contributed by atoms with E-state index in [0.29, 0.717) is 40.5 Å². The standard InChI is InChI=1S/C28H24F2N6O3S/c1-14-25(15(2)39-33-14)16-9-10-35-23(11-16)32-26(27(35)22-13-20(34-40-22)28(38)31-3)21-5-4-6-24(37)36(21)17-7-8-18(29)19(30)12-17/h7-13,21H,4-6H2,1-3H3,(H,31,38). The smallest absolute Gasteiger partial charge is 0.270 e. The van der Waals surface area contributed by atoms with Crippen LogP contribution >= 0.6 is 11.5 Å². The average Bonchev–Trinajstić information content (AvgIpc) is 3.66. The van der Waals surface area contributed by atoms with Gasteiger partial charge in [-0.25, -0.2) is 13.8 Å². The number of halogens is 2. The van der Waals surface area contributed by atoms with Crippen molar-refractivity contribution in [1.82, 2.24) is 24.2 Å². The lowest BCUT2D eigenvalue weighted by Gasteiger charge is -2.35. The summed E-state index contributed by atoms with van der Waals surface area (Å²) in [7, 11) is 1.53. The summed E-state index contributed by atoms with van der Waals surface area (Å²) in [4.78, 5) is 32.7. The van der Waals surface area contributed by atoms with Crippen molar-refractivity contribution in [2.45, 2.75) is 39.2 Å². The molecule has 0 spiro atoms. The number of aryl methyl sites for hydroxylation is 2. The number of aromatic nitrogens is 4. The van der Waals surface area contributed by atoms with E-state index in [0.717, 1.165) is 40.5 Å². The van der Waals surface area contributed by atoms with Crippen LogP contribution in [0.1, 0.15) is 52.9 Å². The van der Waals surface area contributed by atoms with Gasteiger partial charge in [0.05, 0.1) is 28.0 Å². The van der Waals surface area contributed by atoms with Crippen molar-refractivity contribution in [3.8, 4) is 21.7 Å². The molecule has 1 aromatic carbocycles. The molecule has 9 nitrogen and oxygen atoms in total. The van der Waals surface area contributed by atoms with Crippen LogP contribution in [0.15, 0.2) is 47.1 Å². The molecule has 40 heavy (non-hydrogen) atoms. The van der Waals surface area contributed by atoms with E-state index in [1.165, 1.54) is 18.0 Å². The van der Waals surface area contributed by atoms with Crippen LogP contribution in [0.5, 0.6) is 0 Å². The minimum absolute atomic E-state index is 0.211. The molecule has 0 saturated carbocycles. The predicted octanol–water partition coefficient (Wildman–Crippen LogP) is 5.63. The number of pyridine rings is 1. The predicted molar refractivity (Wildman–Crippen MR) is 145 cm³/mol. The molecule has 4 aromatic heterocycles. The minimum Gasteiger partial charge on any atom is -0.361 e. The van der Waals surface area contributed by atoms with Gasteiger partial charge in [0.25, 0.3) is 5.91 Å². The Balaban J connectivity index is 1.56. The first kappa shape index (κ1) is 25.8. The van der Waals surface area contributed by atoms with E-state index in [2.05, 4.69) is 14.8 Å². The Morgan fingerprint density at radius 3 is 2.70 bits per heavy atom. The number of imidazole rings is 1. The number of carbonyl (C=O) groups is 2. The molecule has 204 valence electrons. The SMILES string of the molecule is CNC(=O)c1cc(-c2c(C3CCCC(=O)N3c3ccc(F)c(F)c3)nc3cc(-c4c(C)noc4C)ccn23)sn1. The number of hydrogen-bond donors (Lipinski definition) is 1. The van der Waals surface area contributed by atoms with E-state index >= 15 is 0 Å². The summed E-state index contributed by atoms with van der Waals surface area (Å²) in [6.45, 7) is 3.70. The number of fused-ring (bicyclic) bond motifs is 1. The van der Waals surface area contributed by atoms with E-state index in [4.69, 9.17) is 9.51 Å². The van der Waals surface area contributed by atoms with Crippen molar-refractivity contribution in [3.63, 3.8) is 0 Å². The van der Waals surface area contributed by atoms with Gasteiger partial charge in [0.15, 0.2) is 11.6 Å². The van der Waals surface area contributed by atoms with Gasteiger partial charge < -0.3 is 14.7 Å². The molecule has 1 aliphatic heterocycles. The number of benzene rings is 1. The fourth-order valence-electron chi connectivity index (χ4n) is 5.30. The first-order valence-electron chi connectivity index (χ1n) is 12.7. The highest BCUT2D eigenvalue weighted by atomic mass is 32.1. The van der Waals surface area contributed by atoms with Crippen LogP contribution in [-0.2, 0) is 4.79 Å². The summed E-state index contributed by atoms with van der Waals surface area (Å²) in [5.41, 5.74) is 4.82. The molecule has 2 amide bonds. The van der Waals surface area contributed by atoms with Crippen LogP contribution in [0, 0.1) is 25.5 Å². The Morgan fingerprint density at radius 2 is 1.98 bits per heavy atom. The van der Waals surface area contributed by atoms with Gasteiger partial charge in [-0.15, -0.1) is 0 Å². The summed E-state index contributed by atoms with van der Waals surface area (Å²) in [6.07, 6.45) is 3.30. The van der Waals surface area contributed by atoms with Gasteiger partial charge in [0, 0.05) is 37.0 Å². The summed E-state index contributed by atoms with van der Waals surface area (Å²) >= 11 is 1.14. The van der Waals surface area contributed by atoms with E-state index in [1.807, 2.05) is 36.6 Å². The number of carbonyl (C=O) groups excluding carboxylic acids is 2. The van der Waals surface area contributed by atoms with Gasteiger partial charge in [-0.05, 0) is 74.1 Å². The Kier molecular flexibility index (Phi) is 6.41. The second-order valence-electron chi connectivity index (χ2n) is 9.61. The van der Waals surface area contributed by atoms with Gasteiger partial charge in [-0.1, -0.05) is 5.16 Å². The minimum atomic E-state index is -1.04. The molecule has 1 fully saturated rings. The number of piperidine rings is 1. The zero-order chi connectivity index (χ0) is 28.1. The topological polar surface area (TPSA) is 106 Å². The molecule has 5 heterocycles. The quantitative estimate of drug-likeness (QED) is 0.298. The van der Waals surface area contributed by atoms with Crippen LogP contribution < -0.4 is 10.2 Å². The molecule has 1 atom stereocenters. The monoisotopic (exact) mass is 562 g/mol. The van der Waals surface area contributed by atoms with Crippen LogP contribution in [0.3, 0.4) is 0 Å². The van der Waals surface area contributed by atoms with Crippen molar-refractivity contribution < 1.29 is 22.9 Å². The molecule has 0 aliphatic carbocycles. The fraction of sp³-hybridized carbons (Fsp3) is 0.250. The number of rotatable bonds is 5. The Morgan fingerprint density at radius 1 is 1.15 bits per heavy atom. The summed E-state index contributed by atoms with van der Waals surface area (Å²) < 4.78 is 39.6. The highest BCUT2D eigenvalue weighted by molar-refractivity contribution is 7.09. The molecule has 0 bridgehead atoms. The number of nitrogens with one attached hydrogen (secondary N) is 1. The van der Waals surface area contributed by atoms with E-state index < -0.39 is 17.7 Å². The number of amides is 2. The van der Waals surface area contributed by atoms with Gasteiger partial charge in [-0.2, -0.15) is 4.37 Å². The second-order valence-corrected chi connectivity index (χ2v) is 10.4. The van der Waals surface area contributed by atoms with Crippen LogP contribution in [0.25, 0.3) is 27.3 Å². The van der Waals surface area contributed by atoms with Crippen LogP contribution in [0.4, 0.5) is 14.5 Å². The van der Waals surface area contributed by atoms with Crippen molar-refractivity contribution in [2.24, 2.45) is 0 Å². The van der Waals surface area contributed by atoms with Crippen molar-refractivity contribution in [1.29, 1.82) is 0 Å². The number of anilines is 1. The molecule has 6 rings (SSSR count). The van der Waals surface area contributed by atoms with Crippen molar-refractivity contribution in [2.75, 3.05) is 11.9 Å². The van der Waals surface area contributed by atoms with Crippen LogP contribution in [-0.4, -0.2) is 37.8 Å². The largest absolute Gasteiger partial charge is 0.361 e. The highest BCUT2D eigenvalue weighted by Crippen LogP contribution is 2.42. The molecule has 1 unspecified atom stereocenters.